The minimum atomic E-state index is -2.93. The molecule has 2 heterocycles. The number of alkyl halides is 2. The van der Waals surface area contributed by atoms with Gasteiger partial charge in [0.05, 0.1) is 4.91 Å². The summed E-state index contributed by atoms with van der Waals surface area (Å²) in [5.74, 6) is -0.861. The summed E-state index contributed by atoms with van der Waals surface area (Å²) < 4.78 is 28.8. The summed E-state index contributed by atoms with van der Waals surface area (Å²) in [6, 6.07) is 5.15. The number of nitrogens with zero attached hydrogens (tertiary/aromatic N) is 2. The van der Waals surface area contributed by atoms with Gasteiger partial charge in [-0.3, -0.25) is 24.1 Å². The number of amides is 4. The van der Waals surface area contributed by atoms with E-state index in [0.29, 0.717) is 24.9 Å². The zero-order valence-electron chi connectivity index (χ0n) is 18.1. The summed E-state index contributed by atoms with van der Waals surface area (Å²) in [5.41, 5.74) is 0.549. The second-order valence-electron chi connectivity index (χ2n) is 7.52. The molecule has 0 bridgehead atoms. The lowest BCUT2D eigenvalue weighted by molar-refractivity contribution is -0.142. The third-order valence-electron chi connectivity index (χ3n) is 5.34. The van der Waals surface area contributed by atoms with Crippen LogP contribution in [0.3, 0.4) is 0 Å². The lowest BCUT2D eigenvalue weighted by Gasteiger charge is -2.34. The van der Waals surface area contributed by atoms with Gasteiger partial charge in [0.25, 0.3) is 11.1 Å². The van der Waals surface area contributed by atoms with Gasteiger partial charge >= 0.3 is 6.61 Å². The van der Waals surface area contributed by atoms with Crippen molar-refractivity contribution in [1.29, 1.82) is 0 Å². The van der Waals surface area contributed by atoms with Crippen LogP contribution in [-0.4, -0.2) is 65.0 Å². The van der Waals surface area contributed by atoms with E-state index < -0.39 is 23.8 Å². The third kappa shape index (κ3) is 6.31. The molecule has 1 aromatic carbocycles. The van der Waals surface area contributed by atoms with E-state index in [-0.39, 0.29) is 35.6 Å². The molecule has 0 saturated carbocycles. The largest absolute Gasteiger partial charge is 0.435 e. The predicted octanol–water partition coefficient (Wildman–Crippen LogP) is 3.23. The maximum absolute atomic E-state index is 12.6. The van der Waals surface area contributed by atoms with Crippen LogP contribution in [0.15, 0.2) is 29.2 Å². The molecule has 1 atom stereocenters. The molecule has 0 aromatic heterocycles. The summed E-state index contributed by atoms with van der Waals surface area (Å²) in [5, 5.41) is 2.27. The molecule has 33 heavy (non-hydrogen) atoms. The Labute approximate surface area is 194 Å². The molecule has 8 nitrogen and oxygen atoms in total. The first kappa shape index (κ1) is 24.7. The molecule has 0 aliphatic carbocycles. The molecule has 2 fully saturated rings. The Morgan fingerprint density at radius 3 is 2.64 bits per heavy atom. The van der Waals surface area contributed by atoms with Crippen LogP contribution in [0.5, 0.6) is 5.75 Å². The molecule has 0 radical (unpaired) electrons. The number of hydrogen-bond donors (Lipinski definition) is 1. The number of likely N-dealkylation sites (tertiary alicyclic amines) is 1. The highest BCUT2D eigenvalue weighted by molar-refractivity contribution is 8.18. The number of benzene rings is 1. The molecule has 3 rings (SSSR count). The average molecular weight is 482 g/mol. The van der Waals surface area contributed by atoms with Gasteiger partial charge in [-0.2, -0.15) is 8.78 Å². The first-order chi connectivity index (χ1) is 15.8. The zero-order chi connectivity index (χ0) is 24.0. The van der Waals surface area contributed by atoms with Crippen LogP contribution in [0.4, 0.5) is 13.6 Å². The van der Waals surface area contributed by atoms with Crippen molar-refractivity contribution in [2.45, 2.75) is 45.3 Å². The van der Waals surface area contributed by atoms with Gasteiger partial charge < -0.3 is 15.0 Å². The number of nitrogens with one attached hydrogen (secondary N) is 1. The van der Waals surface area contributed by atoms with Crippen molar-refractivity contribution in [2.75, 3.05) is 19.6 Å². The van der Waals surface area contributed by atoms with Gasteiger partial charge in [0, 0.05) is 26.1 Å². The highest BCUT2D eigenvalue weighted by Gasteiger charge is 2.35. The summed E-state index contributed by atoms with van der Waals surface area (Å²) >= 11 is 0.767. The smallest absolute Gasteiger partial charge is 0.387 e. The second kappa shape index (κ2) is 11.3. The fourth-order valence-electron chi connectivity index (χ4n) is 3.70. The monoisotopic (exact) mass is 481 g/mol. The number of hydrogen-bond acceptors (Lipinski definition) is 6. The number of imide groups is 1. The maximum atomic E-state index is 12.6. The quantitative estimate of drug-likeness (QED) is 0.573. The molecular weight excluding hydrogens is 456 g/mol. The van der Waals surface area contributed by atoms with Crippen molar-refractivity contribution >= 4 is 40.8 Å². The molecule has 2 aliphatic heterocycles. The van der Waals surface area contributed by atoms with Gasteiger partial charge in [0.1, 0.15) is 11.8 Å². The summed E-state index contributed by atoms with van der Waals surface area (Å²) in [7, 11) is 0. The van der Waals surface area contributed by atoms with E-state index in [9.17, 15) is 28.0 Å². The van der Waals surface area contributed by atoms with E-state index in [1.54, 1.807) is 11.8 Å². The molecule has 4 amide bonds. The number of rotatable bonds is 8. The number of carbonyl (C=O) groups is 4. The van der Waals surface area contributed by atoms with Crippen molar-refractivity contribution < 1.29 is 32.7 Å². The van der Waals surface area contributed by atoms with Gasteiger partial charge in [0.15, 0.2) is 0 Å². The number of carbonyl (C=O) groups excluding carboxylic acids is 4. The lowest BCUT2D eigenvalue weighted by atomic mass is 10.0. The second-order valence-corrected chi connectivity index (χ2v) is 8.52. The number of piperidine rings is 1. The molecule has 1 aromatic rings. The van der Waals surface area contributed by atoms with Crippen molar-refractivity contribution in [3.05, 3.63) is 34.7 Å². The molecule has 2 saturated heterocycles. The highest BCUT2D eigenvalue weighted by atomic mass is 32.2. The van der Waals surface area contributed by atoms with E-state index in [2.05, 4.69) is 10.1 Å². The van der Waals surface area contributed by atoms with Gasteiger partial charge in [-0.25, -0.2) is 0 Å². The van der Waals surface area contributed by atoms with Crippen LogP contribution in [-0.2, 0) is 14.4 Å². The van der Waals surface area contributed by atoms with Crippen LogP contribution < -0.4 is 10.1 Å². The zero-order valence-corrected chi connectivity index (χ0v) is 18.9. The molecule has 0 spiro atoms. The molecule has 2 aliphatic rings. The Bertz CT molecular complexity index is 938. The number of thioether (sulfide) groups is 1. The van der Waals surface area contributed by atoms with Crippen LogP contribution in [0, 0.1) is 0 Å². The van der Waals surface area contributed by atoms with Crippen molar-refractivity contribution in [3.8, 4) is 5.75 Å². The summed E-state index contributed by atoms with van der Waals surface area (Å²) in [6.45, 7) is -0.544. The Balaban J connectivity index is 1.55. The molecule has 1 N–H and O–H groups in total. The molecule has 11 heteroatoms. The standard InChI is InChI=1S/C22H25F2N3O5S/c1-2-18(28)26-11-4-3-5-16(26)19(29)25-10-12-27-20(30)17(33-22(27)31)13-14-6-8-15(9-7-14)32-21(23)24/h6-9,13,16,21H,2-5,10-12H2,1H3,(H,25,29)/b17-13+. The van der Waals surface area contributed by atoms with Gasteiger partial charge in [-0.05, 0) is 54.8 Å². The first-order valence-corrected chi connectivity index (χ1v) is 11.5. The Morgan fingerprint density at radius 2 is 1.97 bits per heavy atom. The topological polar surface area (TPSA) is 96.0 Å². The number of halogens is 2. The third-order valence-corrected chi connectivity index (χ3v) is 6.25. The van der Waals surface area contributed by atoms with Crippen molar-refractivity contribution in [2.24, 2.45) is 0 Å². The maximum Gasteiger partial charge on any atom is 0.387 e. The van der Waals surface area contributed by atoms with Crippen LogP contribution in [0.1, 0.15) is 38.2 Å². The molecule has 1 unspecified atom stereocenters. The van der Waals surface area contributed by atoms with E-state index in [1.165, 1.54) is 30.3 Å². The summed E-state index contributed by atoms with van der Waals surface area (Å²) in [4.78, 5) is 52.4. The van der Waals surface area contributed by atoms with Gasteiger partial charge in [-0.1, -0.05) is 19.1 Å². The fraction of sp³-hybridized carbons (Fsp3) is 0.455. The van der Waals surface area contributed by atoms with Gasteiger partial charge in [-0.15, -0.1) is 0 Å². The van der Waals surface area contributed by atoms with Gasteiger partial charge in [0.2, 0.25) is 11.8 Å². The molecular formula is C22H25F2N3O5S. The number of ether oxygens (including phenoxy) is 1. The normalized spacial score (nSPS) is 20.0. The van der Waals surface area contributed by atoms with Crippen LogP contribution in [0.25, 0.3) is 6.08 Å². The van der Waals surface area contributed by atoms with Crippen LogP contribution in [0.2, 0.25) is 0 Å². The minimum Gasteiger partial charge on any atom is -0.435 e. The van der Waals surface area contributed by atoms with Crippen molar-refractivity contribution in [3.63, 3.8) is 0 Å². The van der Waals surface area contributed by atoms with E-state index >= 15 is 0 Å². The van der Waals surface area contributed by atoms with Crippen molar-refractivity contribution in [1.82, 2.24) is 15.1 Å². The Kier molecular flexibility index (Phi) is 8.43. The Hall–Kier alpha value is -2.95. The fourth-order valence-corrected chi connectivity index (χ4v) is 4.57. The lowest BCUT2D eigenvalue weighted by Crippen LogP contribution is -2.52. The highest BCUT2D eigenvalue weighted by Crippen LogP contribution is 2.32. The van der Waals surface area contributed by atoms with Crippen LogP contribution >= 0.6 is 11.8 Å². The minimum absolute atomic E-state index is 0.00333. The summed E-state index contributed by atoms with van der Waals surface area (Å²) in [6.07, 6.45) is 4.12. The SMILES string of the molecule is CCC(=O)N1CCCCC1C(=O)NCCN1C(=O)S/C(=C/c2ccc(OC(F)F)cc2)C1=O. The first-order valence-electron chi connectivity index (χ1n) is 10.7. The van der Waals surface area contributed by atoms with E-state index in [0.717, 1.165) is 29.5 Å². The van der Waals surface area contributed by atoms with E-state index in [4.69, 9.17) is 0 Å². The Morgan fingerprint density at radius 1 is 1.24 bits per heavy atom. The molecule has 178 valence electrons. The predicted molar refractivity (Wildman–Crippen MR) is 118 cm³/mol. The average Bonchev–Trinajstić information content (AvgIpc) is 3.06. The van der Waals surface area contributed by atoms with E-state index in [1.807, 2.05) is 0 Å².